The van der Waals surface area contributed by atoms with Gasteiger partial charge in [0.25, 0.3) is 0 Å². The largest absolute Gasteiger partial charge is 0.392 e. The molecule has 0 atom stereocenters. The van der Waals surface area contributed by atoms with E-state index in [4.69, 9.17) is 5.11 Å². The number of hydrogen-bond donors (Lipinski definition) is 1. The molecule has 0 aromatic heterocycles. The van der Waals surface area contributed by atoms with Crippen molar-refractivity contribution in [2.24, 2.45) is 0 Å². The molecule has 0 aliphatic heterocycles. The summed E-state index contributed by atoms with van der Waals surface area (Å²) in [7, 11) is 1.59. The molecule has 0 bridgehead atoms. The Bertz CT molecular complexity index is 557. The van der Waals surface area contributed by atoms with E-state index in [2.05, 4.69) is 0 Å². The third-order valence-electron chi connectivity index (χ3n) is 2.77. The highest BCUT2D eigenvalue weighted by Gasteiger charge is 2.12. The summed E-state index contributed by atoms with van der Waals surface area (Å²) in [5.74, 6) is -0.905. The van der Waals surface area contributed by atoms with E-state index < -0.39 is 11.6 Å². The maximum Gasteiger partial charge on any atom is 0.147 e. The maximum atomic E-state index is 13.8. The Morgan fingerprint density at radius 1 is 1.00 bits per heavy atom. The Hall–Kier alpha value is -1.94. The van der Waals surface area contributed by atoms with Gasteiger partial charge in [-0.05, 0) is 29.8 Å². The van der Waals surface area contributed by atoms with Gasteiger partial charge in [-0.3, -0.25) is 0 Å². The van der Waals surface area contributed by atoms with Crippen LogP contribution in [0.1, 0.15) is 5.56 Å². The maximum absolute atomic E-state index is 13.8. The molecule has 0 unspecified atom stereocenters. The van der Waals surface area contributed by atoms with E-state index in [9.17, 15) is 8.78 Å². The normalized spacial score (nSPS) is 10.4. The zero-order valence-electron chi connectivity index (χ0n) is 9.90. The lowest BCUT2D eigenvalue weighted by atomic mass is 10.2. The Balaban J connectivity index is 2.40. The lowest BCUT2D eigenvalue weighted by molar-refractivity contribution is 0.281. The summed E-state index contributed by atoms with van der Waals surface area (Å²) in [6.07, 6.45) is 0. The SMILES string of the molecule is CN(c1ccccc1F)c1ccc(CO)cc1F. The number of halogens is 2. The molecule has 2 rings (SSSR count). The zero-order valence-corrected chi connectivity index (χ0v) is 9.90. The highest BCUT2D eigenvalue weighted by atomic mass is 19.1. The van der Waals surface area contributed by atoms with E-state index >= 15 is 0 Å². The minimum atomic E-state index is -0.493. The van der Waals surface area contributed by atoms with Gasteiger partial charge in [-0.1, -0.05) is 18.2 Å². The van der Waals surface area contributed by atoms with E-state index in [-0.39, 0.29) is 12.3 Å². The van der Waals surface area contributed by atoms with Crippen molar-refractivity contribution in [3.05, 3.63) is 59.7 Å². The van der Waals surface area contributed by atoms with Gasteiger partial charge in [-0.2, -0.15) is 0 Å². The fourth-order valence-electron chi connectivity index (χ4n) is 1.77. The predicted molar refractivity (Wildman–Crippen MR) is 66.8 cm³/mol. The third-order valence-corrected chi connectivity index (χ3v) is 2.77. The van der Waals surface area contributed by atoms with Crippen LogP contribution in [0.4, 0.5) is 20.2 Å². The van der Waals surface area contributed by atoms with Crippen molar-refractivity contribution in [1.29, 1.82) is 0 Å². The first-order valence-electron chi connectivity index (χ1n) is 5.51. The number of para-hydroxylation sites is 1. The van der Waals surface area contributed by atoms with Gasteiger partial charge >= 0.3 is 0 Å². The lowest BCUT2D eigenvalue weighted by Gasteiger charge is -2.20. The minimum absolute atomic E-state index is 0.222. The van der Waals surface area contributed by atoms with Crippen LogP contribution in [0.5, 0.6) is 0 Å². The van der Waals surface area contributed by atoms with Crippen LogP contribution in [0.15, 0.2) is 42.5 Å². The first-order valence-corrected chi connectivity index (χ1v) is 5.51. The van der Waals surface area contributed by atoms with E-state index in [1.165, 1.54) is 23.1 Å². The number of aliphatic hydroxyl groups is 1. The molecule has 2 aromatic rings. The highest BCUT2D eigenvalue weighted by molar-refractivity contribution is 5.63. The molecule has 2 aromatic carbocycles. The molecule has 0 aliphatic carbocycles. The quantitative estimate of drug-likeness (QED) is 0.902. The van der Waals surface area contributed by atoms with Crippen LogP contribution < -0.4 is 4.90 Å². The molecular weight excluding hydrogens is 236 g/mol. The van der Waals surface area contributed by atoms with Crippen LogP contribution >= 0.6 is 0 Å². The summed E-state index contributed by atoms with van der Waals surface area (Å²) in [6.45, 7) is -0.222. The third kappa shape index (κ3) is 2.33. The molecular formula is C14H13F2NO. The van der Waals surface area contributed by atoms with E-state index in [1.54, 1.807) is 31.3 Å². The summed E-state index contributed by atoms with van der Waals surface area (Å²) >= 11 is 0. The first-order chi connectivity index (χ1) is 8.63. The minimum Gasteiger partial charge on any atom is -0.392 e. The smallest absolute Gasteiger partial charge is 0.147 e. The molecule has 0 heterocycles. The van der Waals surface area contributed by atoms with Crippen LogP contribution in [-0.4, -0.2) is 12.2 Å². The Morgan fingerprint density at radius 3 is 2.28 bits per heavy atom. The number of hydrogen-bond acceptors (Lipinski definition) is 2. The Labute approximate surface area is 104 Å². The molecule has 0 saturated heterocycles. The number of benzene rings is 2. The fourth-order valence-corrected chi connectivity index (χ4v) is 1.77. The van der Waals surface area contributed by atoms with Gasteiger partial charge in [0.15, 0.2) is 0 Å². The second-order valence-corrected chi connectivity index (χ2v) is 3.95. The summed E-state index contributed by atoms with van der Waals surface area (Å²) < 4.78 is 27.4. The van der Waals surface area contributed by atoms with Crippen molar-refractivity contribution in [1.82, 2.24) is 0 Å². The monoisotopic (exact) mass is 249 g/mol. The van der Waals surface area contributed by atoms with Crippen molar-refractivity contribution >= 4 is 11.4 Å². The second-order valence-electron chi connectivity index (χ2n) is 3.95. The molecule has 2 nitrogen and oxygen atoms in total. The molecule has 0 amide bonds. The van der Waals surface area contributed by atoms with Crippen LogP contribution in [0.2, 0.25) is 0 Å². The fraction of sp³-hybridized carbons (Fsp3) is 0.143. The summed E-state index contributed by atoms with van der Waals surface area (Å²) in [5.41, 5.74) is 1.05. The molecule has 0 radical (unpaired) electrons. The number of nitrogens with zero attached hydrogens (tertiary/aromatic N) is 1. The van der Waals surface area contributed by atoms with Gasteiger partial charge in [-0.15, -0.1) is 0 Å². The number of rotatable bonds is 3. The predicted octanol–water partition coefficient (Wildman–Crippen LogP) is 3.23. The number of anilines is 2. The van der Waals surface area contributed by atoms with Gasteiger partial charge in [0.05, 0.1) is 18.0 Å². The average Bonchev–Trinajstić information content (AvgIpc) is 2.38. The van der Waals surface area contributed by atoms with E-state index in [0.29, 0.717) is 11.3 Å². The molecule has 18 heavy (non-hydrogen) atoms. The summed E-state index contributed by atoms with van der Waals surface area (Å²) in [6, 6.07) is 10.5. The molecule has 0 saturated carbocycles. The van der Waals surface area contributed by atoms with Gasteiger partial charge in [0, 0.05) is 7.05 Å². The van der Waals surface area contributed by atoms with Gasteiger partial charge in [-0.25, -0.2) is 8.78 Å². The zero-order chi connectivity index (χ0) is 13.1. The Morgan fingerprint density at radius 2 is 1.67 bits per heavy atom. The van der Waals surface area contributed by atoms with E-state index in [1.807, 2.05) is 0 Å². The Kier molecular flexibility index (Phi) is 3.58. The van der Waals surface area contributed by atoms with Crippen LogP contribution in [-0.2, 0) is 6.61 Å². The van der Waals surface area contributed by atoms with Crippen LogP contribution in [0, 0.1) is 11.6 Å². The number of aliphatic hydroxyl groups excluding tert-OH is 1. The molecule has 4 heteroatoms. The van der Waals surface area contributed by atoms with Crippen molar-refractivity contribution in [3.8, 4) is 0 Å². The van der Waals surface area contributed by atoms with Crippen LogP contribution in [0.25, 0.3) is 0 Å². The van der Waals surface area contributed by atoms with Gasteiger partial charge in [0.2, 0.25) is 0 Å². The van der Waals surface area contributed by atoms with Crippen molar-refractivity contribution in [2.75, 3.05) is 11.9 Å². The van der Waals surface area contributed by atoms with Crippen molar-refractivity contribution in [3.63, 3.8) is 0 Å². The standard InChI is InChI=1S/C14H13F2NO/c1-17(13-5-3-2-4-11(13)15)14-7-6-10(9-18)8-12(14)16/h2-8,18H,9H2,1H3. The van der Waals surface area contributed by atoms with E-state index in [0.717, 1.165) is 0 Å². The van der Waals surface area contributed by atoms with Crippen molar-refractivity contribution < 1.29 is 13.9 Å². The molecule has 94 valence electrons. The second kappa shape index (κ2) is 5.14. The summed E-state index contributed by atoms with van der Waals surface area (Å²) in [5, 5.41) is 8.91. The summed E-state index contributed by atoms with van der Waals surface area (Å²) in [4.78, 5) is 1.44. The topological polar surface area (TPSA) is 23.5 Å². The molecule has 0 aliphatic rings. The molecule has 1 N–H and O–H groups in total. The van der Waals surface area contributed by atoms with Gasteiger partial charge in [0.1, 0.15) is 11.6 Å². The highest BCUT2D eigenvalue weighted by Crippen LogP contribution is 2.28. The lowest BCUT2D eigenvalue weighted by Crippen LogP contribution is -2.13. The first kappa shape index (κ1) is 12.5. The van der Waals surface area contributed by atoms with Crippen LogP contribution in [0.3, 0.4) is 0 Å². The van der Waals surface area contributed by atoms with Crippen molar-refractivity contribution in [2.45, 2.75) is 6.61 Å². The average molecular weight is 249 g/mol. The molecule has 0 spiro atoms. The molecule has 0 fully saturated rings. The van der Waals surface area contributed by atoms with Gasteiger partial charge < -0.3 is 10.0 Å².